The minimum absolute atomic E-state index is 0.0960. The Kier molecular flexibility index (Phi) is 6.20. The Morgan fingerprint density at radius 2 is 1.73 bits per heavy atom. The van der Waals surface area contributed by atoms with Gasteiger partial charge in [-0.2, -0.15) is 4.98 Å². The molecule has 0 aromatic heterocycles. The molecule has 0 spiro atoms. The van der Waals surface area contributed by atoms with E-state index in [1.165, 1.54) is 25.7 Å². The van der Waals surface area contributed by atoms with E-state index in [4.69, 9.17) is 0 Å². The molecule has 1 saturated carbocycles. The maximum atomic E-state index is 13.1. The van der Waals surface area contributed by atoms with Crippen LogP contribution in [0.3, 0.4) is 0 Å². The van der Waals surface area contributed by atoms with E-state index in [1.54, 1.807) is 51.9 Å². The van der Waals surface area contributed by atoms with Crippen LogP contribution in [-0.4, -0.2) is 23.2 Å². The van der Waals surface area contributed by atoms with Crippen LogP contribution in [0.15, 0.2) is 62.4 Å². The van der Waals surface area contributed by atoms with Crippen molar-refractivity contribution < 1.29 is 8.42 Å². The van der Waals surface area contributed by atoms with E-state index in [2.05, 4.69) is 9.71 Å². The van der Waals surface area contributed by atoms with Crippen molar-refractivity contribution >= 4 is 49.2 Å². The first-order valence-corrected chi connectivity index (χ1v) is 14.3. The van der Waals surface area contributed by atoms with Crippen molar-refractivity contribution in [3.05, 3.63) is 64.6 Å². The summed E-state index contributed by atoms with van der Waals surface area (Å²) in [5.41, 5.74) is 1.78. The molecule has 0 radical (unpaired) electrons. The molecule has 0 saturated heterocycles. The molecule has 172 valence electrons. The summed E-state index contributed by atoms with van der Waals surface area (Å²) in [7, 11) is -3.89. The number of imidazole rings is 1. The molecule has 9 heteroatoms. The van der Waals surface area contributed by atoms with Crippen LogP contribution in [0.1, 0.15) is 44.1 Å². The molecule has 0 bridgehead atoms. The molecule has 2 aromatic carbocycles. The molecule has 2 aromatic rings. The molecule has 3 aliphatic rings. The maximum Gasteiger partial charge on any atom is 0.354 e. The average molecular weight is 500 g/mol. The summed E-state index contributed by atoms with van der Waals surface area (Å²) in [5, 5.41) is 0.445. The predicted molar refractivity (Wildman–Crippen MR) is 136 cm³/mol. The Morgan fingerprint density at radius 3 is 2.45 bits per heavy atom. The zero-order valence-corrected chi connectivity index (χ0v) is 20.7. The summed E-state index contributed by atoms with van der Waals surface area (Å²) >= 11 is 3.35. The van der Waals surface area contributed by atoms with E-state index in [0.717, 1.165) is 32.8 Å². The van der Waals surface area contributed by atoms with Gasteiger partial charge < -0.3 is 0 Å². The fourth-order valence-corrected chi connectivity index (χ4v) is 8.20. The maximum absolute atomic E-state index is 13.1. The van der Waals surface area contributed by atoms with Crippen molar-refractivity contribution in [3.63, 3.8) is 0 Å². The van der Waals surface area contributed by atoms with Crippen molar-refractivity contribution in [3.8, 4) is 5.69 Å². The number of sulfonamides is 1. The van der Waals surface area contributed by atoms with Crippen LogP contribution in [0.4, 0.5) is 5.82 Å². The monoisotopic (exact) mass is 499 g/mol. The van der Waals surface area contributed by atoms with Gasteiger partial charge in [0.25, 0.3) is 10.0 Å². The topological polar surface area (TPSA) is 81.1 Å². The van der Waals surface area contributed by atoms with Gasteiger partial charge in [-0.3, -0.25) is 9.29 Å². The highest BCUT2D eigenvalue weighted by Gasteiger charge is 2.28. The van der Waals surface area contributed by atoms with E-state index in [9.17, 15) is 13.2 Å². The Labute approximate surface area is 201 Å². The molecule has 5 rings (SSSR count). The number of anilines is 1. The van der Waals surface area contributed by atoms with Crippen LogP contribution in [-0.2, 0) is 10.0 Å². The van der Waals surface area contributed by atoms with Gasteiger partial charge >= 0.3 is 5.69 Å². The number of rotatable bonds is 5. The molecule has 0 amide bonds. The third-order valence-corrected chi connectivity index (χ3v) is 10.0. The molecule has 6 nitrogen and oxygen atoms in total. The summed E-state index contributed by atoms with van der Waals surface area (Å²) < 4.78 is 32.3. The summed E-state index contributed by atoms with van der Waals surface area (Å²) in [6.07, 6.45) is 7.16. The number of nitrogens with one attached hydrogen (secondary N) is 1. The van der Waals surface area contributed by atoms with Crippen molar-refractivity contribution in [1.82, 2.24) is 9.55 Å². The second kappa shape index (κ2) is 9.12. The van der Waals surface area contributed by atoms with Crippen molar-refractivity contribution in [2.75, 3.05) is 4.72 Å². The number of hydrogen-bond acceptors (Lipinski definition) is 6. The molecular formula is C24H25N3O3S3. The van der Waals surface area contributed by atoms with Crippen LogP contribution in [0, 0.1) is 6.92 Å². The highest BCUT2D eigenvalue weighted by atomic mass is 32.2. The summed E-state index contributed by atoms with van der Waals surface area (Å²) in [5.74, 6) is 0.0960. The van der Waals surface area contributed by atoms with Crippen LogP contribution >= 0.6 is 23.1 Å². The Balaban J connectivity index is 1.63. The molecule has 1 fully saturated rings. The van der Waals surface area contributed by atoms with Crippen LogP contribution in [0.25, 0.3) is 15.9 Å². The summed E-state index contributed by atoms with van der Waals surface area (Å²) in [6, 6.07) is 14.3. The minimum Gasteiger partial charge on any atom is -0.261 e. The van der Waals surface area contributed by atoms with Gasteiger partial charge in [-0.25, -0.2) is 13.2 Å². The molecule has 2 heterocycles. The third kappa shape index (κ3) is 4.54. The van der Waals surface area contributed by atoms with Gasteiger partial charge in [-0.15, -0.1) is 23.1 Å². The first-order chi connectivity index (χ1) is 15.9. The number of para-hydroxylation sites is 1. The molecule has 1 aliphatic carbocycles. The molecule has 2 aliphatic heterocycles. The first-order valence-electron chi connectivity index (χ1n) is 11.1. The zero-order chi connectivity index (χ0) is 23.0. The normalized spacial score (nSPS) is 15.7. The van der Waals surface area contributed by atoms with E-state index in [1.807, 2.05) is 31.2 Å². The summed E-state index contributed by atoms with van der Waals surface area (Å²) in [6.45, 7) is 1.90. The van der Waals surface area contributed by atoms with Gasteiger partial charge in [-0.1, -0.05) is 55.5 Å². The standard InChI is InChI=1S/C24H25N3O3S3/c1-16-12-14-18(15-13-16)33(29,30)26-22-21-23(31-17-8-4-2-3-5-9-17)32-20-11-7-6-10-19(20)27(21)24(28)25-22/h6-7,10-15,17H,2-5,8-9H2,1H3,(H,25,26,28). The highest BCUT2D eigenvalue weighted by molar-refractivity contribution is 8.02. The van der Waals surface area contributed by atoms with Gasteiger partial charge in [0.15, 0.2) is 5.82 Å². The number of hydrogen-bond donors (Lipinski definition) is 1. The molecule has 1 N–H and O–H groups in total. The van der Waals surface area contributed by atoms with Crippen LogP contribution in [0.5, 0.6) is 0 Å². The highest BCUT2D eigenvalue weighted by Crippen LogP contribution is 2.43. The van der Waals surface area contributed by atoms with Crippen molar-refractivity contribution in [2.45, 2.75) is 59.8 Å². The Bertz CT molecular complexity index is 1420. The third-order valence-electron chi connectivity index (χ3n) is 5.99. The van der Waals surface area contributed by atoms with Crippen LogP contribution < -0.4 is 10.4 Å². The van der Waals surface area contributed by atoms with Crippen molar-refractivity contribution in [1.29, 1.82) is 0 Å². The smallest absolute Gasteiger partial charge is 0.261 e. The molecule has 0 unspecified atom stereocenters. The largest absolute Gasteiger partial charge is 0.354 e. The van der Waals surface area contributed by atoms with Gasteiger partial charge in [0.05, 0.1) is 19.3 Å². The fraction of sp³-hybridized carbons (Fsp3) is 0.333. The minimum atomic E-state index is -3.89. The number of thioether (sulfide) groups is 1. The number of benzene rings is 2. The number of nitrogens with zero attached hydrogens (tertiary/aromatic N) is 2. The van der Waals surface area contributed by atoms with Crippen molar-refractivity contribution in [2.24, 2.45) is 0 Å². The molecule has 0 atom stereocenters. The second-order valence-corrected chi connectivity index (χ2v) is 12.7. The first kappa shape index (κ1) is 22.4. The van der Waals surface area contributed by atoms with Gasteiger partial charge in [0.2, 0.25) is 0 Å². The van der Waals surface area contributed by atoms with Gasteiger partial charge in [-0.05, 0) is 44.0 Å². The lowest BCUT2D eigenvalue weighted by Crippen LogP contribution is -2.15. The second-order valence-electron chi connectivity index (χ2n) is 8.43. The Morgan fingerprint density at radius 1 is 1.03 bits per heavy atom. The Hall–Kier alpha value is -2.36. The SMILES string of the molecule is Cc1ccc(S(=O)(=O)Nc2nc(=O)n3c4ccccc4sc(SC4CCCCCC4)c2-3)cc1. The van der Waals surface area contributed by atoms with Gasteiger partial charge in [0.1, 0.15) is 5.69 Å². The predicted octanol–water partition coefficient (Wildman–Crippen LogP) is 5.81. The van der Waals surface area contributed by atoms with E-state index < -0.39 is 15.7 Å². The zero-order valence-electron chi connectivity index (χ0n) is 18.3. The number of fused-ring (bicyclic) bond motifs is 3. The fourth-order valence-electron chi connectivity index (χ4n) is 4.25. The van der Waals surface area contributed by atoms with E-state index in [-0.39, 0.29) is 10.7 Å². The summed E-state index contributed by atoms with van der Waals surface area (Å²) in [4.78, 5) is 17.3. The molecular weight excluding hydrogens is 474 g/mol. The van der Waals surface area contributed by atoms with Gasteiger partial charge in [0, 0.05) is 5.25 Å². The number of aryl methyl sites for hydroxylation is 1. The average Bonchev–Trinajstić information content (AvgIpc) is 2.95. The lowest BCUT2D eigenvalue weighted by molar-refractivity contribution is 0.601. The lowest BCUT2D eigenvalue weighted by atomic mass is 10.2. The quantitative estimate of drug-likeness (QED) is 0.351. The van der Waals surface area contributed by atoms with E-state index in [0.29, 0.717) is 10.9 Å². The molecule has 33 heavy (non-hydrogen) atoms. The number of aromatic nitrogens is 2. The van der Waals surface area contributed by atoms with Crippen LogP contribution in [0.2, 0.25) is 0 Å². The van der Waals surface area contributed by atoms with E-state index >= 15 is 0 Å². The lowest BCUT2D eigenvalue weighted by Gasteiger charge is -2.18.